The zero-order valence-corrected chi connectivity index (χ0v) is 14.2. The third-order valence-electron chi connectivity index (χ3n) is 5.02. The average Bonchev–Trinajstić information content (AvgIpc) is 3.00. The van der Waals surface area contributed by atoms with Gasteiger partial charge in [-0.25, -0.2) is 0 Å². The molecule has 2 unspecified atom stereocenters. The Bertz CT molecular complexity index is 406. The van der Waals surface area contributed by atoms with Crippen LogP contribution in [0, 0.1) is 6.92 Å². The monoisotopic (exact) mass is 288 g/mol. The van der Waals surface area contributed by atoms with Crippen molar-refractivity contribution < 1.29 is 0 Å². The Morgan fingerprint density at radius 2 is 1.76 bits per heavy atom. The number of aryl methyl sites for hydroxylation is 1. The fourth-order valence-corrected chi connectivity index (χ4v) is 3.87. The van der Waals surface area contributed by atoms with E-state index in [-0.39, 0.29) is 0 Å². The molecule has 2 atom stereocenters. The molecule has 1 saturated carbocycles. The van der Waals surface area contributed by atoms with Crippen LogP contribution in [0.25, 0.3) is 0 Å². The lowest BCUT2D eigenvalue weighted by molar-refractivity contribution is 0.124. The number of nitrogens with zero attached hydrogens (tertiary/aromatic N) is 1. The van der Waals surface area contributed by atoms with Crippen LogP contribution in [0.1, 0.15) is 63.6 Å². The highest BCUT2D eigenvalue weighted by atomic mass is 15.2. The molecule has 2 nitrogen and oxygen atoms in total. The van der Waals surface area contributed by atoms with E-state index < -0.39 is 0 Å². The maximum Gasteiger partial charge on any atom is 0.0475 e. The van der Waals surface area contributed by atoms with E-state index >= 15 is 0 Å². The van der Waals surface area contributed by atoms with Gasteiger partial charge in [0, 0.05) is 18.1 Å². The van der Waals surface area contributed by atoms with Gasteiger partial charge in [-0.15, -0.1) is 0 Å². The van der Waals surface area contributed by atoms with E-state index in [2.05, 4.69) is 62.2 Å². The largest absolute Gasteiger partial charge is 0.309 e. The Labute approximate surface area is 130 Å². The highest BCUT2D eigenvalue weighted by molar-refractivity contribution is 5.25. The van der Waals surface area contributed by atoms with Crippen LogP contribution < -0.4 is 5.32 Å². The van der Waals surface area contributed by atoms with Gasteiger partial charge in [-0.2, -0.15) is 0 Å². The van der Waals surface area contributed by atoms with Gasteiger partial charge < -0.3 is 5.32 Å². The van der Waals surface area contributed by atoms with Crippen molar-refractivity contribution in [1.29, 1.82) is 0 Å². The van der Waals surface area contributed by atoms with Crippen molar-refractivity contribution >= 4 is 0 Å². The SMILES string of the molecule is CCNC(c1ccc(C)cc1)C(C)N(CC)C1CCCC1. The molecule has 1 N–H and O–H groups in total. The van der Waals surface area contributed by atoms with Crippen molar-refractivity contribution in [2.24, 2.45) is 0 Å². The van der Waals surface area contributed by atoms with Crippen LogP contribution in [0.2, 0.25) is 0 Å². The second-order valence-corrected chi connectivity index (χ2v) is 6.46. The molecule has 2 heteroatoms. The topological polar surface area (TPSA) is 15.3 Å². The maximum atomic E-state index is 3.71. The maximum absolute atomic E-state index is 3.71. The van der Waals surface area contributed by atoms with Crippen LogP contribution in [0.3, 0.4) is 0 Å². The lowest BCUT2D eigenvalue weighted by Crippen LogP contribution is -2.47. The first-order valence-electron chi connectivity index (χ1n) is 8.73. The van der Waals surface area contributed by atoms with Crippen molar-refractivity contribution in [2.75, 3.05) is 13.1 Å². The van der Waals surface area contributed by atoms with Gasteiger partial charge in [-0.3, -0.25) is 4.90 Å². The molecule has 0 aliphatic heterocycles. The average molecular weight is 288 g/mol. The van der Waals surface area contributed by atoms with Gasteiger partial charge >= 0.3 is 0 Å². The molecule has 1 fully saturated rings. The van der Waals surface area contributed by atoms with Crippen molar-refractivity contribution in [3.63, 3.8) is 0 Å². The number of benzene rings is 1. The summed E-state index contributed by atoms with van der Waals surface area (Å²) in [5.41, 5.74) is 2.76. The van der Waals surface area contributed by atoms with Crippen molar-refractivity contribution in [3.8, 4) is 0 Å². The first kappa shape index (κ1) is 16.5. The minimum Gasteiger partial charge on any atom is -0.309 e. The van der Waals surface area contributed by atoms with Gasteiger partial charge in [-0.05, 0) is 45.3 Å². The van der Waals surface area contributed by atoms with Gasteiger partial charge in [0.15, 0.2) is 0 Å². The summed E-state index contributed by atoms with van der Waals surface area (Å²) in [5.74, 6) is 0. The number of likely N-dealkylation sites (N-methyl/N-ethyl adjacent to an activating group) is 2. The Morgan fingerprint density at radius 1 is 1.14 bits per heavy atom. The molecule has 0 heterocycles. The van der Waals surface area contributed by atoms with Gasteiger partial charge in [0.2, 0.25) is 0 Å². The van der Waals surface area contributed by atoms with Gasteiger partial charge in [0.1, 0.15) is 0 Å². The highest BCUT2D eigenvalue weighted by Crippen LogP contribution is 2.29. The summed E-state index contributed by atoms with van der Waals surface area (Å²) in [5, 5.41) is 3.71. The van der Waals surface area contributed by atoms with Crippen molar-refractivity contribution in [1.82, 2.24) is 10.2 Å². The van der Waals surface area contributed by atoms with Gasteiger partial charge in [-0.1, -0.05) is 56.5 Å². The quantitative estimate of drug-likeness (QED) is 0.805. The van der Waals surface area contributed by atoms with Gasteiger partial charge in [0.25, 0.3) is 0 Å². The Morgan fingerprint density at radius 3 is 2.29 bits per heavy atom. The second kappa shape index (κ2) is 7.95. The first-order chi connectivity index (χ1) is 10.2. The van der Waals surface area contributed by atoms with E-state index in [1.807, 2.05) is 0 Å². The molecule has 0 bridgehead atoms. The molecule has 1 aliphatic rings. The van der Waals surface area contributed by atoms with E-state index in [0.717, 1.165) is 19.1 Å². The number of hydrogen-bond donors (Lipinski definition) is 1. The highest BCUT2D eigenvalue weighted by Gasteiger charge is 2.30. The lowest BCUT2D eigenvalue weighted by Gasteiger charge is -2.38. The van der Waals surface area contributed by atoms with Crippen LogP contribution in [-0.2, 0) is 0 Å². The molecule has 118 valence electrons. The molecular weight excluding hydrogens is 256 g/mol. The number of nitrogens with one attached hydrogen (secondary N) is 1. The van der Waals surface area contributed by atoms with Crippen LogP contribution in [0.4, 0.5) is 0 Å². The Kier molecular flexibility index (Phi) is 6.25. The fourth-order valence-electron chi connectivity index (χ4n) is 3.87. The van der Waals surface area contributed by atoms with Gasteiger partial charge in [0.05, 0.1) is 0 Å². The zero-order chi connectivity index (χ0) is 15.2. The van der Waals surface area contributed by atoms with Crippen LogP contribution in [-0.4, -0.2) is 30.1 Å². The minimum absolute atomic E-state index is 0.427. The summed E-state index contributed by atoms with van der Waals surface area (Å²) in [6.07, 6.45) is 5.57. The van der Waals surface area contributed by atoms with Crippen LogP contribution in [0.5, 0.6) is 0 Å². The molecule has 1 aromatic rings. The van der Waals surface area contributed by atoms with Crippen molar-refractivity contribution in [3.05, 3.63) is 35.4 Å². The number of rotatable bonds is 7. The molecule has 0 amide bonds. The third kappa shape index (κ3) is 4.08. The van der Waals surface area contributed by atoms with E-state index in [4.69, 9.17) is 0 Å². The van der Waals surface area contributed by atoms with E-state index in [1.54, 1.807) is 0 Å². The second-order valence-electron chi connectivity index (χ2n) is 6.46. The molecule has 0 aromatic heterocycles. The summed E-state index contributed by atoms with van der Waals surface area (Å²) >= 11 is 0. The number of hydrogen-bond acceptors (Lipinski definition) is 2. The predicted octanol–water partition coefficient (Wildman–Crippen LogP) is 4.30. The van der Waals surface area contributed by atoms with E-state index in [9.17, 15) is 0 Å². The molecule has 0 saturated heterocycles. The molecule has 0 radical (unpaired) electrons. The molecule has 1 aromatic carbocycles. The Balaban J connectivity index is 2.16. The standard InChI is InChI=1S/C19H32N2/c1-5-20-19(17-13-11-15(3)12-14-17)16(4)21(6-2)18-9-7-8-10-18/h11-14,16,18-20H,5-10H2,1-4H3. The van der Waals surface area contributed by atoms with Crippen LogP contribution >= 0.6 is 0 Å². The molecule has 2 rings (SSSR count). The third-order valence-corrected chi connectivity index (χ3v) is 5.02. The van der Waals surface area contributed by atoms with Crippen molar-refractivity contribution in [2.45, 2.75) is 71.5 Å². The van der Waals surface area contributed by atoms with Crippen LogP contribution in [0.15, 0.2) is 24.3 Å². The van der Waals surface area contributed by atoms with E-state index in [1.165, 1.54) is 36.8 Å². The fraction of sp³-hybridized carbons (Fsp3) is 0.684. The summed E-state index contributed by atoms with van der Waals surface area (Å²) in [7, 11) is 0. The predicted molar refractivity (Wildman–Crippen MR) is 91.7 cm³/mol. The molecule has 21 heavy (non-hydrogen) atoms. The smallest absolute Gasteiger partial charge is 0.0475 e. The lowest BCUT2D eigenvalue weighted by atomic mass is 9.96. The summed E-state index contributed by atoms with van der Waals surface area (Å²) < 4.78 is 0. The summed E-state index contributed by atoms with van der Waals surface area (Å²) in [6, 6.07) is 10.8. The summed E-state index contributed by atoms with van der Waals surface area (Å²) in [4.78, 5) is 2.72. The van der Waals surface area contributed by atoms with E-state index in [0.29, 0.717) is 12.1 Å². The zero-order valence-electron chi connectivity index (χ0n) is 14.2. The Hall–Kier alpha value is -0.860. The first-order valence-corrected chi connectivity index (χ1v) is 8.73. The normalized spacial score (nSPS) is 19.1. The minimum atomic E-state index is 0.427. The molecule has 0 spiro atoms. The molecule has 1 aliphatic carbocycles. The summed E-state index contributed by atoms with van der Waals surface area (Å²) in [6.45, 7) is 11.2. The molecular formula is C19H32N2.